The van der Waals surface area contributed by atoms with Crippen LogP contribution in [0.3, 0.4) is 0 Å². The van der Waals surface area contributed by atoms with Crippen molar-refractivity contribution in [3.8, 4) is 0 Å². The highest BCUT2D eigenvalue weighted by atomic mass is 15.1. The molecule has 1 aromatic rings. The molecule has 0 bridgehead atoms. The van der Waals surface area contributed by atoms with E-state index in [9.17, 15) is 0 Å². The minimum absolute atomic E-state index is 0.667. The first kappa shape index (κ1) is 15.0. The Kier molecular flexibility index (Phi) is 6.81. The number of rotatable bonds is 8. The van der Waals surface area contributed by atoms with Crippen LogP contribution in [-0.4, -0.2) is 26.2 Å². The topological polar surface area (TPSA) is 15.3 Å². The number of hydrogen-bond acceptors (Lipinski definition) is 2. The van der Waals surface area contributed by atoms with Crippen LogP contribution in [0.2, 0.25) is 0 Å². The minimum atomic E-state index is 0.667. The largest absolute Gasteiger partial charge is 0.372 e. The molecule has 18 heavy (non-hydrogen) atoms. The second-order valence-corrected chi connectivity index (χ2v) is 4.90. The molecule has 1 aromatic carbocycles. The summed E-state index contributed by atoms with van der Waals surface area (Å²) in [5.74, 6) is 0. The molecule has 0 aromatic heterocycles. The maximum Gasteiger partial charge on any atom is 0.0395 e. The fourth-order valence-electron chi connectivity index (χ4n) is 2.45. The molecule has 0 aliphatic heterocycles. The quantitative estimate of drug-likeness (QED) is 0.756. The number of aryl methyl sites for hydroxylation is 1. The molecule has 0 spiro atoms. The summed E-state index contributed by atoms with van der Waals surface area (Å²) in [6, 6.07) is 9.34. The van der Waals surface area contributed by atoms with Crippen molar-refractivity contribution in [2.75, 3.05) is 25.0 Å². The highest BCUT2D eigenvalue weighted by molar-refractivity contribution is 5.52. The predicted octanol–water partition coefficient (Wildman–Crippen LogP) is 3.60. The van der Waals surface area contributed by atoms with E-state index in [1.807, 2.05) is 0 Å². The molecule has 2 heteroatoms. The lowest BCUT2D eigenvalue weighted by atomic mass is 10.1. The zero-order valence-corrected chi connectivity index (χ0v) is 12.4. The number of benzene rings is 1. The van der Waals surface area contributed by atoms with Crippen molar-refractivity contribution in [3.05, 3.63) is 29.8 Å². The number of para-hydroxylation sites is 1. The van der Waals surface area contributed by atoms with Crippen LogP contribution in [0.5, 0.6) is 0 Å². The first-order chi connectivity index (χ1) is 8.72. The maximum absolute atomic E-state index is 3.38. The zero-order chi connectivity index (χ0) is 13.4. The van der Waals surface area contributed by atoms with E-state index in [2.05, 4.69) is 62.3 Å². The normalized spacial score (nSPS) is 12.4. The Morgan fingerprint density at radius 3 is 2.50 bits per heavy atom. The summed E-state index contributed by atoms with van der Waals surface area (Å²) in [6.45, 7) is 8.92. The van der Waals surface area contributed by atoms with Gasteiger partial charge in [0.25, 0.3) is 0 Å². The van der Waals surface area contributed by atoms with Gasteiger partial charge in [-0.2, -0.15) is 0 Å². The zero-order valence-electron chi connectivity index (χ0n) is 12.4. The van der Waals surface area contributed by atoms with Gasteiger partial charge < -0.3 is 10.2 Å². The molecule has 1 atom stereocenters. The van der Waals surface area contributed by atoms with Gasteiger partial charge in [0.1, 0.15) is 0 Å². The van der Waals surface area contributed by atoms with Gasteiger partial charge in [0, 0.05) is 24.8 Å². The van der Waals surface area contributed by atoms with Gasteiger partial charge in [-0.15, -0.1) is 0 Å². The van der Waals surface area contributed by atoms with Crippen molar-refractivity contribution in [1.29, 1.82) is 0 Å². The Labute approximate surface area is 112 Å². The van der Waals surface area contributed by atoms with Crippen LogP contribution in [-0.2, 0) is 0 Å². The molecule has 1 unspecified atom stereocenters. The predicted molar refractivity (Wildman–Crippen MR) is 81.4 cm³/mol. The highest BCUT2D eigenvalue weighted by Gasteiger charge is 2.08. The van der Waals surface area contributed by atoms with Crippen LogP contribution in [0.25, 0.3) is 0 Å². The Hall–Kier alpha value is -1.02. The molecule has 1 N–H and O–H groups in total. The highest BCUT2D eigenvalue weighted by Crippen LogP contribution is 2.19. The van der Waals surface area contributed by atoms with E-state index in [-0.39, 0.29) is 0 Å². The SMILES string of the molecule is CCC(CCCN(CC)c1ccccc1C)NC. The lowest BCUT2D eigenvalue weighted by Gasteiger charge is -2.25. The monoisotopic (exact) mass is 248 g/mol. The van der Waals surface area contributed by atoms with Crippen molar-refractivity contribution in [3.63, 3.8) is 0 Å². The second-order valence-electron chi connectivity index (χ2n) is 4.90. The average molecular weight is 248 g/mol. The third-order valence-corrected chi connectivity index (χ3v) is 3.72. The van der Waals surface area contributed by atoms with Crippen molar-refractivity contribution < 1.29 is 0 Å². The van der Waals surface area contributed by atoms with Crippen LogP contribution < -0.4 is 10.2 Å². The molecule has 0 radical (unpaired) electrons. The maximum atomic E-state index is 3.38. The molecule has 0 saturated carbocycles. The van der Waals surface area contributed by atoms with Gasteiger partial charge in [-0.25, -0.2) is 0 Å². The molecule has 102 valence electrons. The lowest BCUT2D eigenvalue weighted by Crippen LogP contribution is -2.28. The number of anilines is 1. The molecular formula is C16H28N2. The van der Waals surface area contributed by atoms with Crippen molar-refractivity contribution in [1.82, 2.24) is 5.32 Å². The van der Waals surface area contributed by atoms with E-state index < -0.39 is 0 Å². The summed E-state index contributed by atoms with van der Waals surface area (Å²) in [4.78, 5) is 2.48. The number of nitrogens with zero attached hydrogens (tertiary/aromatic N) is 1. The molecule has 0 fully saturated rings. The van der Waals surface area contributed by atoms with Gasteiger partial charge in [-0.05, 0) is 51.8 Å². The van der Waals surface area contributed by atoms with Gasteiger partial charge in [0.2, 0.25) is 0 Å². The van der Waals surface area contributed by atoms with Crippen LogP contribution in [0, 0.1) is 6.92 Å². The Balaban J connectivity index is 2.50. The molecule has 2 nitrogen and oxygen atoms in total. The summed E-state index contributed by atoms with van der Waals surface area (Å²) in [5.41, 5.74) is 2.76. The van der Waals surface area contributed by atoms with E-state index in [1.165, 1.54) is 30.5 Å². The lowest BCUT2D eigenvalue weighted by molar-refractivity contribution is 0.490. The molecule has 0 saturated heterocycles. The molecule has 0 amide bonds. The number of nitrogens with one attached hydrogen (secondary N) is 1. The first-order valence-corrected chi connectivity index (χ1v) is 7.20. The summed E-state index contributed by atoms with van der Waals surface area (Å²) in [5, 5.41) is 3.38. The Morgan fingerprint density at radius 1 is 1.22 bits per heavy atom. The van der Waals surface area contributed by atoms with E-state index in [4.69, 9.17) is 0 Å². The third-order valence-electron chi connectivity index (χ3n) is 3.72. The summed E-state index contributed by atoms with van der Waals surface area (Å²) in [6.07, 6.45) is 3.73. The van der Waals surface area contributed by atoms with Gasteiger partial charge in [-0.3, -0.25) is 0 Å². The fraction of sp³-hybridized carbons (Fsp3) is 0.625. The van der Waals surface area contributed by atoms with Crippen LogP contribution >= 0.6 is 0 Å². The smallest absolute Gasteiger partial charge is 0.0395 e. The van der Waals surface area contributed by atoms with Crippen molar-refractivity contribution in [2.45, 2.75) is 46.1 Å². The van der Waals surface area contributed by atoms with Crippen LogP contribution in [0.4, 0.5) is 5.69 Å². The standard InChI is InChI=1S/C16H28N2/c1-5-15(17-4)11-9-13-18(6-2)16-12-8-7-10-14(16)3/h7-8,10,12,15,17H,5-6,9,11,13H2,1-4H3. The molecular weight excluding hydrogens is 220 g/mol. The number of hydrogen-bond donors (Lipinski definition) is 1. The minimum Gasteiger partial charge on any atom is -0.372 e. The molecule has 0 heterocycles. The molecule has 0 aliphatic rings. The van der Waals surface area contributed by atoms with Crippen molar-refractivity contribution in [2.24, 2.45) is 0 Å². The van der Waals surface area contributed by atoms with Crippen LogP contribution in [0.1, 0.15) is 38.7 Å². The third kappa shape index (κ3) is 4.34. The summed E-state index contributed by atoms with van der Waals surface area (Å²) >= 11 is 0. The second kappa shape index (κ2) is 8.15. The summed E-state index contributed by atoms with van der Waals surface area (Å²) < 4.78 is 0. The summed E-state index contributed by atoms with van der Waals surface area (Å²) in [7, 11) is 2.06. The van der Waals surface area contributed by atoms with Gasteiger partial charge in [0.15, 0.2) is 0 Å². The molecule has 1 rings (SSSR count). The van der Waals surface area contributed by atoms with Gasteiger partial charge in [0.05, 0.1) is 0 Å². The van der Waals surface area contributed by atoms with Crippen LogP contribution in [0.15, 0.2) is 24.3 Å². The van der Waals surface area contributed by atoms with E-state index >= 15 is 0 Å². The average Bonchev–Trinajstić information content (AvgIpc) is 2.40. The Bertz CT molecular complexity index is 332. The fourth-order valence-corrected chi connectivity index (χ4v) is 2.45. The van der Waals surface area contributed by atoms with E-state index in [0.717, 1.165) is 13.1 Å². The van der Waals surface area contributed by atoms with Gasteiger partial charge in [-0.1, -0.05) is 25.1 Å². The first-order valence-electron chi connectivity index (χ1n) is 7.20. The Morgan fingerprint density at radius 2 is 1.94 bits per heavy atom. The van der Waals surface area contributed by atoms with Crippen molar-refractivity contribution >= 4 is 5.69 Å². The molecule has 0 aliphatic carbocycles. The van der Waals surface area contributed by atoms with Gasteiger partial charge >= 0.3 is 0 Å². The van der Waals surface area contributed by atoms with E-state index in [1.54, 1.807) is 0 Å². The van der Waals surface area contributed by atoms with E-state index in [0.29, 0.717) is 6.04 Å².